The topological polar surface area (TPSA) is 87.6 Å². The van der Waals surface area contributed by atoms with E-state index in [-0.39, 0.29) is 0 Å². The van der Waals surface area contributed by atoms with Crippen molar-refractivity contribution in [2.24, 2.45) is 0 Å². The smallest absolute Gasteiger partial charge is 0.222 e. The Morgan fingerprint density at radius 1 is 0.920 bits per heavy atom. The van der Waals surface area contributed by atoms with Gasteiger partial charge in [0.05, 0.1) is 18.8 Å². The first-order chi connectivity index (χ1) is 12.2. The molecule has 0 fully saturated rings. The molecule has 0 spiro atoms. The average Bonchev–Trinajstić information content (AvgIpc) is 3.08. The fourth-order valence-electron chi connectivity index (χ4n) is 2.54. The lowest BCUT2D eigenvalue weighted by Crippen LogP contribution is -2.01. The summed E-state index contributed by atoms with van der Waals surface area (Å²) in [6.45, 7) is 0. The monoisotopic (exact) mass is 333 g/mol. The van der Waals surface area contributed by atoms with Gasteiger partial charge in [-0.3, -0.25) is 4.40 Å². The fraction of sp³-hybridized carbons (Fsp3) is 0.0556. The first kappa shape index (κ1) is 14.9. The fourth-order valence-corrected chi connectivity index (χ4v) is 2.54. The minimum absolute atomic E-state index is 0.394. The predicted octanol–water partition coefficient (Wildman–Crippen LogP) is 3.17. The molecule has 0 aliphatic rings. The Morgan fingerprint density at radius 3 is 2.52 bits per heavy atom. The number of nitrogen functional groups attached to an aromatic ring is 1. The number of fused-ring (bicyclic) bond motifs is 1. The van der Waals surface area contributed by atoms with Crippen molar-refractivity contribution in [1.82, 2.24) is 19.4 Å². The van der Waals surface area contributed by atoms with E-state index in [0.717, 1.165) is 16.9 Å². The Hall–Kier alpha value is -3.61. The summed E-state index contributed by atoms with van der Waals surface area (Å²) in [4.78, 5) is 12.7. The number of imidazole rings is 1. The van der Waals surface area contributed by atoms with Crippen LogP contribution in [0, 0.1) is 0 Å². The van der Waals surface area contributed by atoms with Gasteiger partial charge in [0.2, 0.25) is 11.8 Å². The number of anilines is 1. The van der Waals surface area contributed by atoms with Crippen LogP contribution in [0.15, 0.2) is 61.1 Å². The molecule has 0 amide bonds. The standard InChI is InChI=1S/C18H15N5O2/c1-24-15-7-9-20-16(10-15)25-14-4-2-12(3-5-14)17-22-11-13-6-8-21-18(19)23(13)17/h2-11H,1H3,(H2,19,21). The van der Waals surface area contributed by atoms with Crippen molar-refractivity contribution in [3.05, 3.63) is 61.1 Å². The van der Waals surface area contributed by atoms with E-state index >= 15 is 0 Å². The van der Waals surface area contributed by atoms with Crippen LogP contribution in [0.25, 0.3) is 16.9 Å². The van der Waals surface area contributed by atoms with Gasteiger partial charge in [-0.05, 0) is 36.4 Å². The molecular formula is C18H15N5O2. The number of aromatic nitrogens is 4. The zero-order chi connectivity index (χ0) is 17.2. The lowest BCUT2D eigenvalue weighted by molar-refractivity contribution is 0.405. The van der Waals surface area contributed by atoms with Gasteiger partial charge in [-0.2, -0.15) is 0 Å². The molecule has 0 aliphatic carbocycles. The lowest BCUT2D eigenvalue weighted by Gasteiger charge is -2.07. The van der Waals surface area contributed by atoms with Crippen LogP contribution < -0.4 is 15.2 Å². The molecule has 124 valence electrons. The zero-order valence-corrected chi connectivity index (χ0v) is 13.5. The second-order valence-corrected chi connectivity index (χ2v) is 5.31. The summed E-state index contributed by atoms with van der Waals surface area (Å²) < 4.78 is 12.7. The first-order valence-electron chi connectivity index (χ1n) is 7.61. The average molecular weight is 333 g/mol. The minimum Gasteiger partial charge on any atom is -0.497 e. The quantitative estimate of drug-likeness (QED) is 0.617. The number of nitrogens with two attached hydrogens (primary N) is 1. The molecule has 0 aliphatic heterocycles. The molecule has 0 saturated heterocycles. The van der Waals surface area contributed by atoms with Gasteiger partial charge in [0.1, 0.15) is 17.3 Å². The van der Waals surface area contributed by atoms with Crippen molar-refractivity contribution in [1.29, 1.82) is 0 Å². The maximum atomic E-state index is 5.97. The van der Waals surface area contributed by atoms with Gasteiger partial charge >= 0.3 is 0 Å². The molecule has 3 heterocycles. The highest BCUT2D eigenvalue weighted by atomic mass is 16.5. The van der Waals surface area contributed by atoms with Crippen LogP contribution in [-0.2, 0) is 0 Å². The number of hydrogen-bond donors (Lipinski definition) is 1. The Labute approximate surface area is 143 Å². The van der Waals surface area contributed by atoms with Gasteiger partial charge in [-0.25, -0.2) is 15.0 Å². The van der Waals surface area contributed by atoms with Crippen molar-refractivity contribution in [2.45, 2.75) is 0 Å². The largest absolute Gasteiger partial charge is 0.497 e. The highest BCUT2D eigenvalue weighted by Gasteiger charge is 2.09. The molecule has 0 saturated carbocycles. The highest BCUT2D eigenvalue weighted by Crippen LogP contribution is 2.27. The van der Waals surface area contributed by atoms with Crippen LogP contribution in [0.1, 0.15) is 0 Å². The van der Waals surface area contributed by atoms with Crippen molar-refractivity contribution in [2.75, 3.05) is 12.8 Å². The van der Waals surface area contributed by atoms with E-state index in [9.17, 15) is 0 Å². The normalized spacial score (nSPS) is 10.8. The van der Waals surface area contributed by atoms with Crippen molar-refractivity contribution in [3.8, 4) is 28.8 Å². The molecule has 1 aromatic carbocycles. The molecule has 25 heavy (non-hydrogen) atoms. The third-order valence-electron chi connectivity index (χ3n) is 3.75. The maximum absolute atomic E-state index is 5.97. The summed E-state index contributed by atoms with van der Waals surface area (Å²) in [6.07, 6.45) is 5.06. The molecule has 0 unspecified atom stereocenters. The second kappa shape index (κ2) is 6.12. The van der Waals surface area contributed by atoms with Crippen LogP contribution in [0.4, 0.5) is 5.95 Å². The van der Waals surface area contributed by atoms with Gasteiger partial charge in [0, 0.05) is 24.0 Å². The minimum atomic E-state index is 0.394. The predicted molar refractivity (Wildman–Crippen MR) is 93.7 cm³/mol. The Balaban J connectivity index is 1.63. The summed E-state index contributed by atoms with van der Waals surface area (Å²) in [5.74, 6) is 2.94. The van der Waals surface area contributed by atoms with Gasteiger partial charge in [0.15, 0.2) is 0 Å². The van der Waals surface area contributed by atoms with E-state index in [4.69, 9.17) is 15.2 Å². The Bertz CT molecular complexity index is 1030. The van der Waals surface area contributed by atoms with Crippen LogP contribution in [-0.4, -0.2) is 26.5 Å². The van der Waals surface area contributed by atoms with Gasteiger partial charge in [-0.1, -0.05) is 0 Å². The van der Waals surface area contributed by atoms with E-state index in [0.29, 0.717) is 23.3 Å². The number of rotatable bonds is 4. The Kier molecular flexibility index (Phi) is 3.66. The van der Waals surface area contributed by atoms with Gasteiger partial charge < -0.3 is 15.2 Å². The SMILES string of the molecule is COc1ccnc(Oc2ccc(-c3ncc4ccnc(N)n34)cc2)c1. The third-order valence-corrected chi connectivity index (χ3v) is 3.75. The molecule has 2 N–H and O–H groups in total. The molecule has 0 radical (unpaired) electrons. The van der Waals surface area contributed by atoms with Crippen LogP contribution in [0.3, 0.4) is 0 Å². The molecule has 7 nitrogen and oxygen atoms in total. The number of nitrogens with zero attached hydrogens (tertiary/aromatic N) is 4. The Morgan fingerprint density at radius 2 is 1.72 bits per heavy atom. The lowest BCUT2D eigenvalue weighted by atomic mass is 10.2. The molecule has 7 heteroatoms. The molecule has 0 bridgehead atoms. The number of benzene rings is 1. The summed E-state index contributed by atoms with van der Waals surface area (Å²) in [5.41, 5.74) is 7.77. The number of methoxy groups -OCH3 is 1. The van der Waals surface area contributed by atoms with Crippen LogP contribution in [0.5, 0.6) is 17.4 Å². The third kappa shape index (κ3) is 2.83. The van der Waals surface area contributed by atoms with Crippen LogP contribution in [0.2, 0.25) is 0 Å². The van der Waals surface area contributed by atoms with Crippen molar-refractivity contribution in [3.63, 3.8) is 0 Å². The number of pyridine rings is 1. The highest BCUT2D eigenvalue weighted by molar-refractivity contribution is 5.65. The maximum Gasteiger partial charge on any atom is 0.222 e. The summed E-state index contributed by atoms with van der Waals surface area (Å²) >= 11 is 0. The van der Waals surface area contributed by atoms with E-state index in [2.05, 4.69) is 15.0 Å². The van der Waals surface area contributed by atoms with Gasteiger partial charge in [0.25, 0.3) is 0 Å². The van der Waals surface area contributed by atoms with Crippen molar-refractivity contribution >= 4 is 11.5 Å². The number of ether oxygens (including phenoxy) is 2. The molecule has 4 rings (SSSR count). The van der Waals surface area contributed by atoms with E-state index < -0.39 is 0 Å². The first-order valence-corrected chi connectivity index (χ1v) is 7.61. The molecule has 0 atom stereocenters. The van der Waals surface area contributed by atoms with Gasteiger partial charge in [-0.15, -0.1) is 0 Å². The second-order valence-electron chi connectivity index (χ2n) is 5.31. The molecule has 3 aromatic heterocycles. The summed E-state index contributed by atoms with van der Waals surface area (Å²) in [6, 6.07) is 12.9. The summed E-state index contributed by atoms with van der Waals surface area (Å²) in [7, 11) is 1.60. The van der Waals surface area contributed by atoms with Crippen LogP contribution >= 0.6 is 0 Å². The summed E-state index contributed by atoms with van der Waals surface area (Å²) in [5, 5.41) is 0. The number of hydrogen-bond acceptors (Lipinski definition) is 6. The van der Waals surface area contributed by atoms with E-state index in [1.807, 2.05) is 30.3 Å². The van der Waals surface area contributed by atoms with Crippen molar-refractivity contribution < 1.29 is 9.47 Å². The molecule has 4 aromatic rings. The van der Waals surface area contributed by atoms with E-state index in [1.165, 1.54) is 0 Å². The zero-order valence-electron chi connectivity index (χ0n) is 13.5. The molecular weight excluding hydrogens is 318 g/mol. The van der Waals surface area contributed by atoms with E-state index in [1.54, 1.807) is 42.2 Å².